The summed E-state index contributed by atoms with van der Waals surface area (Å²) in [4.78, 5) is 32.3. The Labute approximate surface area is 153 Å². The van der Waals surface area contributed by atoms with E-state index < -0.39 is 5.69 Å². The molecule has 3 aromatic rings. The molecule has 0 aliphatic rings. The Bertz CT molecular complexity index is 1020. The van der Waals surface area contributed by atoms with Crippen molar-refractivity contribution in [1.29, 1.82) is 0 Å². The first-order valence-corrected chi connectivity index (χ1v) is 8.84. The SMILES string of the molecule is Cc1ccn2c(=O)nc(SCC(=O)Nc3ccc(C)c(Cl)c3)nc2c1. The quantitative estimate of drug-likeness (QED) is 0.710. The van der Waals surface area contributed by atoms with Gasteiger partial charge in [-0.3, -0.25) is 9.20 Å². The highest BCUT2D eigenvalue weighted by Crippen LogP contribution is 2.20. The number of benzene rings is 1. The van der Waals surface area contributed by atoms with Crippen LogP contribution >= 0.6 is 23.4 Å². The van der Waals surface area contributed by atoms with Crippen molar-refractivity contribution in [3.05, 3.63) is 63.2 Å². The Morgan fingerprint density at radius 1 is 1.24 bits per heavy atom. The molecule has 0 saturated heterocycles. The topological polar surface area (TPSA) is 76.4 Å². The Morgan fingerprint density at radius 3 is 2.80 bits per heavy atom. The molecule has 0 radical (unpaired) electrons. The van der Waals surface area contributed by atoms with Gasteiger partial charge in [0.25, 0.3) is 0 Å². The van der Waals surface area contributed by atoms with E-state index in [1.807, 2.05) is 26.0 Å². The number of carbonyl (C=O) groups is 1. The average Bonchev–Trinajstić information content (AvgIpc) is 2.56. The van der Waals surface area contributed by atoms with Crippen molar-refractivity contribution in [2.45, 2.75) is 19.0 Å². The molecule has 0 atom stereocenters. The first kappa shape index (κ1) is 17.4. The number of hydrogen-bond acceptors (Lipinski definition) is 5. The number of thioether (sulfide) groups is 1. The lowest BCUT2D eigenvalue weighted by Gasteiger charge is -2.07. The summed E-state index contributed by atoms with van der Waals surface area (Å²) >= 11 is 7.15. The molecule has 0 aliphatic carbocycles. The standard InChI is InChI=1S/C17H15ClN4O2S/c1-10-5-6-22-14(7-10)20-16(21-17(22)24)25-9-15(23)19-12-4-3-11(2)13(18)8-12/h3-8H,9H2,1-2H3,(H,19,23). The fourth-order valence-corrected chi connectivity index (χ4v) is 2.97. The zero-order chi connectivity index (χ0) is 18.0. The van der Waals surface area contributed by atoms with Crippen LogP contribution in [-0.4, -0.2) is 26.0 Å². The van der Waals surface area contributed by atoms with Crippen molar-refractivity contribution in [2.24, 2.45) is 0 Å². The molecule has 1 amide bonds. The van der Waals surface area contributed by atoms with Gasteiger partial charge in [0.15, 0.2) is 5.16 Å². The molecule has 3 rings (SSSR count). The van der Waals surface area contributed by atoms with Crippen LogP contribution in [0.4, 0.5) is 5.69 Å². The maximum Gasteiger partial charge on any atom is 0.355 e. The number of pyridine rings is 1. The molecule has 0 saturated carbocycles. The van der Waals surface area contributed by atoms with Gasteiger partial charge in [-0.2, -0.15) is 4.98 Å². The van der Waals surface area contributed by atoms with Crippen LogP contribution < -0.4 is 11.0 Å². The van der Waals surface area contributed by atoms with E-state index in [0.29, 0.717) is 16.4 Å². The summed E-state index contributed by atoms with van der Waals surface area (Å²) in [5, 5.41) is 3.62. The summed E-state index contributed by atoms with van der Waals surface area (Å²) in [5.74, 6) is -0.134. The number of fused-ring (bicyclic) bond motifs is 1. The predicted molar refractivity (Wildman–Crippen MR) is 99.5 cm³/mol. The summed E-state index contributed by atoms with van der Waals surface area (Å²) in [6.45, 7) is 3.81. The van der Waals surface area contributed by atoms with Gasteiger partial charge in [0.1, 0.15) is 5.65 Å². The molecule has 2 heterocycles. The van der Waals surface area contributed by atoms with Crippen LogP contribution in [0.15, 0.2) is 46.5 Å². The third kappa shape index (κ3) is 4.18. The van der Waals surface area contributed by atoms with Gasteiger partial charge in [0, 0.05) is 16.9 Å². The van der Waals surface area contributed by atoms with Crippen molar-refractivity contribution in [1.82, 2.24) is 14.4 Å². The Morgan fingerprint density at radius 2 is 2.04 bits per heavy atom. The number of amides is 1. The zero-order valence-electron chi connectivity index (χ0n) is 13.6. The van der Waals surface area contributed by atoms with E-state index in [4.69, 9.17) is 11.6 Å². The highest BCUT2D eigenvalue weighted by Gasteiger charge is 2.09. The van der Waals surface area contributed by atoms with Crippen molar-refractivity contribution in [3.63, 3.8) is 0 Å². The van der Waals surface area contributed by atoms with Crippen molar-refractivity contribution < 1.29 is 4.79 Å². The smallest absolute Gasteiger partial charge is 0.325 e. The third-order valence-corrected chi connectivity index (χ3v) is 4.74. The molecule has 6 nitrogen and oxygen atoms in total. The van der Waals surface area contributed by atoms with Gasteiger partial charge in [-0.1, -0.05) is 29.4 Å². The van der Waals surface area contributed by atoms with Gasteiger partial charge in [-0.15, -0.1) is 0 Å². The number of halogens is 1. The molecular weight excluding hydrogens is 360 g/mol. The minimum Gasteiger partial charge on any atom is -0.325 e. The van der Waals surface area contributed by atoms with Gasteiger partial charge >= 0.3 is 5.69 Å². The lowest BCUT2D eigenvalue weighted by atomic mass is 10.2. The normalized spacial score (nSPS) is 10.8. The molecule has 2 aromatic heterocycles. The Kier molecular flexibility index (Phi) is 5.06. The lowest BCUT2D eigenvalue weighted by Crippen LogP contribution is -2.20. The molecule has 0 spiro atoms. The monoisotopic (exact) mass is 374 g/mol. The van der Waals surface area contributed by atoms with Gasteiger partial charge in [0.05, 0.1) is 5.75 Å². The van der Waals surface area contributed by atoms with Crippen molar-refractivity contribution in [2.75, 3.05) is 11.1 Å². The maximum absolute atomic E-state index is 12.1. The van der Waals surface area contributed by atoms with Crippen LogP contribution in [0.1, 0.15) is 11.1 Å². The van der Waals surface area contributed by atoms with E-state index in [-0.39, 0.29) is 16.8 Å². The molecular formula is C17H15ClN4O2S. The van der Waals surface area contributed by atoms with E-state index in [1.54, 1.807) is 24.4 Å². The Balaban J connectivity index is 1.70. The molecule has 0 aliphatic heterocycles. The lowest BCUT2D eigenvalue weighted by molar-refractivity contribution is -0.113. The molecule has 0 fully saturated rings. The van der Waals surface area contributed by atoms with Gasteiger partial charge in [-0.05, 0) is 49.2 Å². The summed E-state index contributed by atoms with van der Waals surface area (Å²) in [5.41, 5.74) is 2.64. The second-order valence-electron chi connectivity index (χ2n) is 5.52. The number of aromatic nitrogens is 3. The molecule has 0 unspecified atom stereocenters. The summed E-state index contributed by atoms with van der Waals surface area (Å²) in [6.07, 6.45) is 1.63. The van der Waals surface area contributed by atoms with Crippen LogP contribution in [-0.2, 0) is 4.79 Å². The largest absolute Gasteiger partial charge is 0.355 e. The first-order chi connectivity index (χ1) is 11.9. The number of nitrogens with zero attached hydrogens (tertiary/aromatic N) is 3. The van der Waals surface area contributed by atoms with E-state index in [1.165, 1.54) is 4.40 Å². The maximum atomic E-state index is 12.1. The predicted octanol–water partition coefficient (Wildman–Crippen LogP) is 3.09. The van der Waals surface area contributed by atoms with Crippen LogP contribution in [0.3, 0.4) is 0 Å². The number of rotatable bonds is 4. The van der Waals surface area contributed by atoms with Gasteiger partial charge in [-0.25, -0.2) is 9.78 Å². The molecule has 1 aromatic carbocycles. The fourth-order valence-electron chi connectivity index (χ4n) is 2.16. The first-order valence-electron chi connectivity index (χ1n) is 7.48. The number of anilines is 1. The number of hydrogen-bond donors (Lipinski definition) is 1. The van der Waals surface area contributed by atoms with Gasteiger partial charge < -0.3 is 5.32 Å². The minimum atomic E-state index is -0.418. The van der Waals surface area contributed by atoms with Crippen LogP contribution in [0, 0.1) is 13.8 Å². The molecule has 25 heavy (non-hydrogen) atoms. The number of nitrogens with one attached hydrogen (secondary N) is 1. The summed E-state index contributed by atoms with van der Waals surface area (Å²) in [6, 6.07) is 8.92. The van der Waals surface area contributed by atoms with Gasteiger partial charge in [0.2, 0.25) is 5.91 Å². The van der Waals surface area contributed by atoms with Crippen molar-refractivity contribution in [3.8, 4) is 0 Å². The van der Waals surface area contributed by atoms with Crippen LogP contribution in [0.25, 0.3) is 5.65 Å². The van der Waals surface area contributed by atoms with E-state index in [9.17, 15) is 9.59 Å². The zero-order valence-corrected chi connectivity index (χ0v) is 15.2. The second kappa shape index (κ2) is 7.25. The molecule has 128 valence electrons. The molecule has 8 heteroatoms. The highest BCUT2D eigenvalue weighted by molar-refractivity contribution is 7.99. The minimum absolute atomic E-state index is 0.0902. The summed E-state index contributed by atoms with van der Waals surface area (Å²) < 4.78 is 1.37. The second-order valence-corrected chi connectivity index (χ2v) is 6.87. The number of carbonyl (C=O) groups excluding carboxylic acids is 1. The van der Waals surface area contributed by atoms with Crippen LogP contribution in [0.5, 0.6) is 0 Å². The average molecular weight is 375 g/mol. The van der Waals surface area contributed by atoms with E-state index >= 15 is 0 Å². The van der Waals surface area contributed by atoms with E-state index in [2.05, 4.69) is 15.3 Å². The molecule has 0 bridgehead atoms. The Hall–Kier alpha value is -2.38. The summed E-state index contributed by atoms with van der Waals surface area (Å²) in [7, 11) is 0. The fraction of sp³-hybridized carbons (Fsp3) is 0.176. The number of aryl methyl sites for hydroxylation is 2. The van der Waals surface area contributed by atoms with E-state index in [0.717, 1.165) is 22.9 Å². The van der Waals surface area contributed by atoms with Crippen LogP contribution in [0.2, 0.25) is 5.02 Å². The molecule has 1 N–H and O–H groups in total. The van der Waals surface area contributed by atoms with Crippen molar-refractivity contribution >= 4 is 40.6 Å². The third-order valence-electron chi connectivity index (χ3n) is 3.49. The highest BCUT2D eigenvalue weighted by atomic mass is 35.5.